The zero-order valence-electron chi connectivity index (χ0n) is 13.8. The first-order valence-electron chi connectivity index (χ1n) is 8.37. The minimum absolute atomic E-state index is 0. The molecule has 0 spiro atoms. The van der Waals surface area contributed by atoms with Crippen LogP contribution in [-0.4, -0.2) is 12.5 Å². The molecule has 2 aromatic carbocycles. The minimum Gasteiger partial charge on any atom is -0.353 e. The van der Waals surface area contributed by atoms with Gasteiger partial charge in [-0.1, -0.05) is 73.5 Å². The summed E-state index contributed by atoms with van der Waals surface area (Å²) in [6.45, 7) is 0.470. The van der Waals surface area contributed by atoms with Gasteiger partial charge in [0, 0.05) is 12.6 Å². The van der Waals surface area contributed by atoms with Gasteiger partial charge in [0.2, 0.25) is 5.91 Å². The number of nitrogens with one attached hydrogen (secondary N) is 1. The van der Waals surface area contributed by atoms with E-state index < -0.39 is 0 Å². The minimum atomic E-state index is -0.377. The lowest BCUT2D eigenvalue weighted by atomic mass is 9.78. The van der Waals surface area contributed by atoms with Crippen molar-refractivity contribution >= 4 is 18.3 Å². The number of carbonyl (C=O) groups is 1. The van der Waals surface area contributed by atoms with Crippen molar-refractivity contribution in [3.63, 3.8) is 0 Å². The molecule has 1 aliphatic rings. The fourth-order valence-electron chi connectivity index (χ4n) is 3.57. The first-order chi connectivity index (χ1) is 11.2. The Hall–Kier alpha value is -1.84. The number of rotatable bonds is 5. The van der Waals surface area contributed by atoms with E-state index in [0.717, 1.165) is 36.8 Å². The van der Waals surface area contributed by atoms with Crippen molar-refractivity contribution in [3.05, 3.63) is 71.8 Å². The molecular weight excluding hydrogens is 320 g/mol. The summed E-state index contributed by atoms with van der Waals surface area (Å²) in [5.74, 6) is 0.118. The van der Waals surface area contributed by atoms with Gasteiger partial charge in [-0.25, -0.2) is 0 Å². The van der Waals surface area contributed by atoms with Crippen LogP contribution in [0.3, 0.4) is 0 Å². The molecule has 0 aromatic heterocycles. The van der Waals surface area contributed by atoms with Gasteiger partial charge in [0.25, 0.3) is 0 Å². The van der Waals surface area contributed by atoms with Crippen LogP contribution in [0.25, 0.3) is 0 Å². The van der Waals surface area contributed by atoms with Crippen LogP contribution in [0.1, 0.15) is 42.9 Å². The predicted molar refractivity (Wildman–Crippen MR) is 100 cm³/mol. The van der Waals surface area contributed by atoms with Crippen LogP contribution < -0.4 is 11.1 Å². The SMILES string of the molecule is Cl.NC(CNC(=O)C1(c2ccccc2)CCCC1)c1ccccc1. The summed E-state index contributed by atoms with van der Waals surface area (Å²) in [7, 11) is 0. The summed E-state index contributed by atoms with van der Waals surface area (Å²) in [5.41, 5.74) is 8.01. The molecule has 128 valence electrons. The van der Waals surface area contributed by atoms with Crippen LogP contribution in [0.2, 0.25) is 0 Å². The Morgan fingerprint density at radius 3 is 2.12 bits per heavy atom. The lowest BCUT2D eigenvalue weighted by Gasteiger charge is -2.29. The number of carbonyl (C=O) groups excluding carboxylic acids is 1. The summed E-state index contributed by atoms with van der Waals surface area (Å²) < 4.78 is 0. The normalized spacial score (nSPS) is 16.9. The van der Waals surface area contributed by atoms with Crippen molar-refractivity contribution in [2.24, 2.45) is 5.73 Å². The average molecular weight is 345 g/mol. The lowest BCUT2D eigenvalue weighted by Crippen LogP contribution is -2.44. The van der Waals surface area contributed by atoms with Gasteiger partial charge in [-0.2, -0.15) is 0 Å². The third kappa shape index (κ3) is 3.80. The third-order valence-electron chi connectivity index (χ3n) is 4.93. The van der Waals surface area contributed by atoms with Crippen LogP contribution in [0, 0.1) is 0 Å². The van der Waals surface area contributed by atoms with Crippen LogP contribution in [0.5, 0.6) is 0 Å². The Morgan fingerprint density at radius 2 is 1.54 bits per heavy atom. The van der Waals surface area contributed by atoms with Crippen LogP contribution in [-0.2, 0) is 10.2 Å². The van der Waals surface area contributed by atoms with Crippen molar-refractivity contribution in [2.45, 2.75) is 37.1 Å². The van der Waals surface area contributed by atoms with E-state index in [1.807, 2.05) is 48.5 Å². The molecule has 2 aromatic rings. The van der Waals surface area contributed by atoms with Crippen molar-refractivity contribution in [1.82, 2.24) is 5.32 Å². The van der Waals surface area contributed by atoms with E-state index in [1.165, 1.54) is 0 Å². The number of amides is 1. The molecule has 3 nitrogen and oxygen atoms in total. The van der Waals surface area contributed by atoms with Crippen LogP contribution >= 0.6 is 12.4 Å². The maximum atomic E-state index is 12.9. The standard InChI is InChI=1S/C20H24N2O.ClH/c21-18(16-9-3-1-4-10-16)15-22-19(23)20(13-7-8-14-20)17-11-5-2-6-12-17;/h1-6,9-12,18H,7-8,13-15,21H2,(H,22,23);1H. The van der Waals surface area contributed by atoms with Gasteiger partial charge in [-0.3, -0.25) is 4.79 Å². The fourth-order valence-corrected chi connectivity index (χ4v) is 3.57. The monoisotopic (exact) mass is 344 g/mol. The highest BCUT2D eigenvalue weighted by molar-refractivity contribution is 5.88. The maximum Gasteiger partial charge on any atom is 0.230 e. The fraction of sp³-hybridized carbons (Fsp3) is 0.350. The van der Waals surface area contributed by atoms with Gasteiger partial charge < -0.3 is 11.1 Å². The molecule has 3 rings (SSSR count). The van der Waals surface area contributed by atoms with Crippen LogP contribution in [0.15, 0.2) is 60.7 Å². The Labute approximate surface area is 150 Å². The lowest BCUT2D eigenvalue weighted by molar-refractivity contribution is -0.126. The molecule has 3 N–H and O–H groups in total. The van der Waals surface area contributed by atoms with Gasteiger partial charge in [-0.05, 0) is 24.0 Å². The third-order valence-corrected chi connectivity index (χ3v) is 4.93. The molecule has 4 heteroatoms. The van der Waals surface area contributed by atoms with E-state index >= 15 is 0 Å². The predicted octanol–water partition coefficient (Wildman–Crippen LogP) is 3.74. The Balaban J connectivity index is 0.00000208. The van der Waals surface area contributed by atoms with Crippen molar-refractivity contribution in [2.75, 3.05) is 6.54 Å². The molecule has 1 atom stereocenters. The Morgan fingerprint density at radius 1 is 1.00 bits per heavy atom. The molecule has 1 saturated carbocycles. The summed E-state index contributed by atoms with van der Waals surface area (Å²) >= 11 is 0. The number of halogens is 1. The summed E-state index contributed by atoms with van der Waals surface area (Å²) in [5, 5.41) is 3.10. The number of hydrogen-bond acceptors (Lipinski definition) is 2. The molecule has 1 unspecified atom stereocenters. The largest absolute Gasteiger partial charge is 0.353 e. The second kappa shape index (κ2) is 8.32. The molecule has 1 fully saturated rings. The van der Waals surface area contributed by atoms with Gasteiger partial charge in [0.05, 0.1) is 5.41 Å². The number of hydrogen-bond donors (Lipinski definition) is 2. The number of nitrogens with two attached hydrogens (primary N) is 1. The molecule has 1 aliphatic carbocycles. The zero-order valence-corrected chi connectivity index (χ0v) is 14.6. The highest BCUT2D eigenvalue weighted by Gasteiger charge is 2.42. The summed E-state index contributed by atoms with van der Waals surface area (Å²) in [6, 6.07) is 19.9. The highest BCUT2D eigenvalue weighted by Crippen LogP contribution is 2.41. The second-order valence-corrected chi connectivity index (χ2v) is 6.38. The summed E-state index contributed by atoms with van der Waals surface area (Å²) in [4.78, 5) is 12.9. The van der Waals surface area contributed by atoms with Crippen molar-refractivity contribution in [1.29, 1.82) is 0 Å². The van der Waals surface area contributed by atoms with E-state index in [-0.39, 0.29) is 29.8 Å². The van der Waals surface area contributed by atoms with Gasteiger partial charge in [-0.15, -0.1) is 12.4 Å². The van der Waals surface area contributed by atoms with Gasteiger partial charge in [0.15, 0.2) is 0 Å². The Kier molecular flexibility index (Phi) is 6.41. The summed E-state index contributed by atoms with van der Waals surface area (Å²) in [6.07, 6.45) is 4.05. The van der Waals surface area contributed by atoms with Crippen molar-refractivity contribution in [3.8, 4) is 0 Å². The van der Waals surface area contributed by atoms with E-state index in [9.17, 15) is 4.79 Å². The van der Waals surface area contributed by atoms with Crippen LogP contribution in [0.4, 0.5) is 0 Å². The molecule has 0 aliphatic heterocycles. The second-order valence-electron chi connectivity index (χ2n) is 6.38. The van der Waals surface area contributed by atoms with E-state index in [2.05, 4.69) is 17.4 Å². The maximum absolute atomic E-state index is 12.9. The van der Waals surface area contributed by atoms with E-state index in [1.54, 1.807) is 0 Å². The molecule has 24 heavy (non-hydrogen) atoms. The first kappa shape index (κ1) is 18.5. The average Bonchev–Trinajstić information content (AvgIpc) is 3.12. The van der Waals surface area contributed by atoms with E-state index in [0.29, 0.717) is 6.54 Å². The van der Waals surface area contributed by atoms with Crippen molar-refractivity contribution < 1.29 is 4.79 Å². The number of benzene rings is 2. The quantitative estimate of drug-likeness (QED) is 0.868. The highest BCUT2D eigenvalue weighted by atomic mass is 35.5. The zero-order chi connectivity index (χ0) is 16.1. The van der Waals surface area contributed by atoms with E-state index in [4.69, 9.17) is 5.73 Å². The molecule has 0 radical (unpaired) electrons. The Bertz CT molecular complexity index is 639. The topological polar surface area (TPSA) is 55.1 Å². The van der Waals surface area contributed by atoms with Gasteiger partial charge in [0.1, 0.15) is 0 Å². The molecule has 1 amide bonds. The molecule has 0 bridgehead atoms. The first-order valence-corrected chi connectivity index (χ1v) is 8.37. The van der Waals surface area contributed by atoms with Gasteiger partial charge >= 0.3 is 0 Å². The smallest absolute Gasteiger partial charge is 0.230 e. The molecular formula is C20H25ClN2O. The molecule has 0 saturated heterocycles. The molecule has 0 heterocycles.